The van der Waals surface area contributed by atoms with E-state index in [1.165, 1.54) is 0 Å². The standard InChI is InChI=1S/C7H15NS/c1-6(2)8-5-9-7(3)4/h5-7H,1-4H3/b8-5-. The van der Waals surface area contributed by atoms with Crippen LogP contribution >= 0.6 is 11.8 Å². The van der Waals surface area contributed by atoms with Crippen molar-refractivity contribution >= 4 is 17.3 Å². The van der Waals surface area contributed by atoms with E-state index in [2.05, 4.69) is 32.7 Å². The molecule has 0 aliphatic heterocycles. The lowest BCUT2D eigenvalue weighted by molar-refractivity contribution is 0.843. The predicted molar refractivity (Wildman–Crippen MR) is 46.4 cm³/mol. The van der Waals surface area contributed by atoms with Gasteiger partial charge in [-0.15, -0.1) is 11.8 Å². The lowest BCUT2D eigenvalue weighted by Crippen LogP contribution is -1.90. The van der Waals surface area contributed by atoms with E-state index in [1.54, 1.807) is 11.8 Å². The molecule has 0 heterocycles. The molecule has 0 aromatic rings. The maximum absolute atomic E-state index is 4.20. The average Bonchev–Trinajstić information content (AvgIpc) is 1.63. The molecule has 9 heavy (non-hydrogen) atoms. The molecule has 54 valence electrons. The summed E-state index contributed by atoms with van der Waals surface area (Å²) >= 11 is 1.77. The quantitative estimate of drug-likeness (QED) is 0.439. The van der Waals surface area contributed by atoms with Crippen molar-refractivity contribution in [2.75, 3.05) is 0 Å². The lowest BCUT2D eigenvalue weighted by atomic mass is 10.4. The summed E-state index contributed by atoms with van der Waals surface area (Å²) < 4.78 is 0. The second-order valence-corrected chi connectivity index (χ2v) is 3.96. The van der Waals surface area contributed by atoms with Crippen LogP contribution in [0.2, 0.25) is 0 Å². The number of aliphatic imine (C=N–C) groups is 1. The van der Waals surface area contributed by atoms with Crippen LogP contribution in [-0.2, 0) is 0 Å². The van der Waals surface area contributed by atoms with E-state index in [-0.39, 0.29) is 0 Å². The summed E-state index contributed by atoms with van der Waals surface area (Å²) in [6.45, 7) is 8.49. The van der Waals surface area contributed by atoms with E-state index >= 15 is 0 Å². The fraction of sp³-hybridized carbons (Fsp3) is 0.857. The van der Waals surface area contributed by atoms with Crippen LogP contribution in [0.3, 0.4) is 0 Å². The summed E-state index contributed by atoms with van der Waals surface area (Å²) in [5.74, 6) is 0. The van der Waals surface area contributed by atoms with E-state index in [9.17, 15) is 0 Å². The van der Waals surface area contributed by atoms with Crippen LogP contribution in [0.15, 0.2) is 4.99 Å². The molecule has 0 amide bonds. The highest BCUT2D eigenvalue weighted by Gasteiger charge is 1.88. The Morgan fingerprint density at radius 2 is 1.78 bits per heavy atom. The van der Waals surface area contributed by atoms with Crippen LogP contribution in [-0.4, -0.2) is 16.8 Å². The van der Waals surface area contributed by atoms with Gasteiger partial charge >= 0.3 is 0 Å². The minimum absolute atomic E-state index is 0.441. The molecule has 2 heteroatoms. The summed E-state index contributed by atoms with van der Waals surface area (Å²) in [5, 5.41) is 0.660. The second kappa shape index (κ2) is 4.86. The van der Waals surface area contributed by atoms with Crippen LogP contribution in [0.4, 0.5) is 0 Å². The number of thioether (sulfide) groups is 1. The van der Waals surface area contributed by atoms with Crippen LogP contribution in [0.5, 0.6) is 0 Å². The molecule has 0 atom stereocenters. The van der Waals surface area contributed by atoms with Crippen molar-refractivity contribution in [3.8, 4) is 0 Å². The summed E-state index contributed by atoms with van der Waals surface area (Å²) in [6, 6.07) is 0.441. The summed E-state index contributed by atoms with van der Waals surface area (Å²) in [6.07, 6.45) is 0. The van der Waals surface area contributed by atoms with Gasteiger partial charge in [0.2, 0.25) is 0 Å². The molecule has 0 spiro atoms. The lowest BCUT2D eigenvalue weighted by Gasteiger charge is -1.97. The van der Waals surface area contributed by atoms with Gasteiger partial charge in [-0.3, -0.25) is 4.99 Å². The molecule has 0 saturated carbocycles. The Morgan fingerprint density at radius 3 is 2.11 bits per heavy atom. The van der Waals surface area contributed by atoms with E-state index in [0.29, 0.717) is 11.3 Å². The molecule has 0 fully saturated rings. The average molecular weight is 145 g/mol. The van der Waals surface area contributed by atoms with Crippen LogP contribution in [0, 0.1) is 0 Å². The monoisotopic (exact) mass is 145 g/mol. The van der Waals surface area contributed by atoms with E-state index in [4.69, 9.17) is 0 Å². The molecule has 0 radical (unpaired) electrons. The Morgan fingerprint density at radius 1 is 1.22 bits per heavy atom. The molecule has 0 unspecified atom stereocenters. The van der Waals surface area contributed by atoms with Gasteiger partial charge in [-0.1, -0.05) is 13.8 Å². The summed E-state index contributed by atoms with van der Waals surface area (Å²) in [7, 11) is 0. The van der Waals surface area contributed by atoms with Crippen LogP contribution < -0.4 is 0 Å². The van der Waals surface area contributed by atoms with Crippen LogP contribution in [0.1, 0.15) is 27.7 Å². The van der Waals surface area contributed by atoms with Gasteiger partial charge in [0.15, 0.2) is 0 Å². The number of hydrogen-bond acceptors (Lipinski definition) is 2. The Kier molecular flexibility index (Phi) is 4.87. The van der Waals surface area contributed by atoms with Gasteiger partial charge in [0, 0.05) is 11.3 Å². The van der Waals surface area contributed by atoms with Gasteiger partial charge in [0.25, 0.3) is 0 Å². The van der Waals surface area contributed by atoms with Crippen LogP contribution in [0.25, 0.3) is 0 Å². The second-order valence-electron chi connectivity index (χ2n) is 2.53. The minimum Gasteiger partial charge on any atom is -0.284 e. The molecule has 1 nitrogen and oxygen atoms in total. The molecule has 0 rings (SSSR count). The van der Waals surface area contributed by atoms with Crippen molar-refractivity contribution in [3.63, 3.8) is 0 Å². The Balaban J connectivity index is 3.25. The van der Waals surface area contributed by atoms with Gasteiger partial charge in [-0.25, -0.2) is 0 Å². The number of nitrogens with zero attached hydrogens (tertiary/aromatic N) is 1. The number of rotatable bonds is 3. The Hall–Kier alpha value is 0.0200. The zero-order chi connectivity index (χ0) is 7.28. The van der Waals surface area contributed by atoms with Crippen molar-refractivity contribution in [3.05, 3.63) is 0 Å². The molecule has 0 aliphatic rings. The third kappa shape index (κ3) is 8.02. The van der Waals surface area contributed by atoms with Crippen molar-refractivity contribution in [1.82, 2.24) is 0 Å². The molecule has 0 aromatic heterocycles. The van der Waals surface area contributed by atoms with Gasteiger partial charge in [0.1, 0.15) is 0 Å². The van der Waals surface area contributed by atoms with Crippen molar-refractivity contribution in [2.45, 2.75) is 39.0 Å². The normalized spacial score (nSPS) is 12.2. The maximum Gasteiger partial charge on any atom is 0.0546 e. The van der Waals surface area contributed by atoms with Crippen molar-refractivity contribution < 1.29 is 0 Å². The molecule has 0 aromatic carbocycles. The first-order valence-electron chi connectivity index (χ1n) is 3.30. The minimum atomic E-state index is 0.441. The van der Waals surface area contributed by atoms with Gasteiger partial charge in [-0.2, -0.15) is 0 Å². The summed E-state index contributed by atoms with van der Waals surface area (Å²) in [5.41, 5.74) is 1.94. The fourth-order valence-corrected chi connectivity index (χ4v) is 0.836. The fourth-order valence-electron chi connectivity index (χ4n) is 0.279. The topological polar surface area (TPSA) is 12.4 Å². The van der Waals surface area contributed by atoms with Crippen molar-refractivity contribution in [2.24, 2.45) is 4.99 Å². The molecule has 0 saturated heterocycles. The molecular formula is C7H15NS. The largest absolute Gasteiger partial charge is 0.284 e. The molecule has 0 aliphatic carbocycles. The Labute approximate surface area is 61.9 Å². The third-order valence-electron chi connectivity index (χ3n) is 0.692. The first-order chi connectivity index (χ1) is 4.13. The zero-order valence-corrected chi connectivity index (χ0v) is 7.40. The van der Waals surface area contributed by atoms with Gasteiger partial charge in [0.05, 0.1) is 5.55 Å². The zero-order valence-electron chi connectivity index (χ0n) is 6.59. The van der Waals surface area contributed by atoms with E-state index in [1.807, 2.05) is 5.55 Å². The van der Waals surface area contributed by atoms with Crippen molar-refractivity contribution in [1.29, 1.82) is 0 Å². The van der Waals surface area contributed by atoms with Gasteiger partial charge < -0.3 is 0 Å². The highest BCUT2D eigenvalue weighted by Crippen LogP contribution is 2.04. The third-order valence-corrected chi connectivity index (χ3v) is 1.48. The van der Waals surface area contributed by atoms with E-state index < -0.39 is 0 Å². The predicted octanol–water partition coefficient (Wildman–Crippen LogP) is 2.56. The smallest absolute Gasteiger partial charge is 0.0546 e. The molecule has 0 N–H and O–H groups in total. The highest BCUT2D eigenvalue weighted by molar-refractivity contribution is 8.12. The number of hydrogen-bond donors (Lipinski definition) is 0. The SMILES string of the molecule is CC(C)/N=C\SC(C)C. The first-order valence-corrected chi connectivity index (χ1v) is 4.24. The van der Waals surface area contributed by atoms with E-state index in [0.717, 1.165) is 0 Å². The highest BCUT2D eigenvalue weighted by atomic mass is 32.2. The molecule has 0 bridgehead atoms. The Bertz CT molecular complexity index is 86.9. The first kappa shape index (κ1) is 9.02. The summed E-state index contributed by atoms with van der Waals surface area (Å²) in [4.78, 5) is 4.20. The molecular weight excluding hydrogens is 130 g/mol. The maximum atomic E-state index is 4.20. The van der Waals surface area contributed by atoms with Gasteiger partial charge in [-0.05, 0) is 13.8 Å².